The Hall–Kier alpha value is -1.60. The molecule has 1 aromatic rings. The van der Waals surface area contributed by atoms with E-state index in [1.54, 1.807) is 12.1 Å². The van der Waals surface area contributed by atoms with Crippen molar-refractivity contribution >= 4 is 21.6 Å². The van der Waals surface area contributed by atoms with Crippen molar-refractivity contribution in [3.05, 3.63) is 23.8 Å². The van der Waals surface area contributed by atoms with E-state index in [0.717, 1.165) is 9.87 Å². The standard InChI is InChI=1S/C13H21N3O3S/c1-9(2)15-13(17)8-16(4)20(18,19)12-6-5-10(3)7-11(12)14/h5-7,9H,8,14H2,1-4H3,(H,15,17). The number of rotatable bonds is 5. The number of nitrogens with two attached hydrogens (primary N) is 1. The Morgan fingerprint density at radius 3 is 2.50 bits per heavy atom. The maximum atomic E-state index is 12.4. The van der Waals surface area contributed by atoms with E-state index in [-0.39, 0.29) is 29.1 Å². The van der Waals surface area contributed by atoms with E-state index in [2.05, 4.69) is 5.32 Å². The minimum atomic E-state index is -3.77. The van der Waals surface area contributed by atoms with Gasteiger partial charge in [-0.2, -0.15) is 4.31 Å². The average Bonchev–Trinajstić information content (AvgIpc) is 2.26. The summed E-state index contributed by atoms with van der Waals surface area (Å²) in [5.41, 5.74) is 6.81. The Labute approximate surface area is 120 Å². The van der Waals surface area contributed by atoms with Crippen molar-refractivity contribution in [3.8, 4) is 0 Å². The number of amides is 1. The van der Waals surface area contributed by atoms with E-state index >= 15 is 0 Å². The highest BCUT2D eigenvalue weighted by Crippen LogP contribution is 2.22. The van der Waals surface area contributed by atoms with E-state index in [0.29, 0.717) is 0 Å². The molecule has 1 amide bonds. The molecule has 0 saturated heterocycles. The van der Waals surface area contributed by atoms with Gasteiger partial charge in [0.25, 0.3) is 0 Å². The Morgan fingerprint density at radius 1 is 1.40 bits per heavy atom. The molecule has 0 saturated carbocycles. The van der Waals surface area contributed by atoms with Crippen LogP contribution in [0.2, 0.25) is 0 Å². The highest BCUT2D eigenvalue weighted by Gasteiger charge is 2.25. The molecule has 0 bridgehead atoms. The summed E-state index contributed by atoms with van der Waals surface area (Å²) < 4.78 is 25.7. The second-order valence-electron chi connectivity index (χ2n) is 5.02. The molecule has 0 aliphatic rings. The molecule has 0 fully saturated rings. The van der Waals surface area contributed by atoms with E-state index in [9.17, 15) is 13.2 Å². The van der Waals surface area contributed by atoms with Gasteiger partial charge in [-0.05, 0) is 38.5 Å². The van der Waals surface area contributed by atoms with Gasteiger partial charge in [0.2, 0.25) is 15.9 Å². The Kier molecular flexibility index (Phi) is 5.13. The number of carbonyl (C=O) groups is 1. The van der Waals surface area contributed by atoms with Gasteiger partial charge in [0, 0.05) is 13.1 Å². The lowest BCUT2D eigenvalue weighted by Crippen LogP contribution is -2.40. The number of aryl methyl sites for hydroxylation is 1. The summed E-state index contributed by atoms with van der Waals surface area (Å²) >= 11 is 0. The molecule has 1 rings (SSSR count). The van der Waals surface area contributed by atoms with Crippen LogP contribution in [0.1, 0.15) is 19.4 Å². The Bertz CT molecular complexity index is 597. The lowest BCUT2D eigenvalue weighted by Gasteiger charge is -2.19. The second kappa shape index (κ2) is 6.23. The van der Waals surface area contributed by atoms with Gasteiger partial charge < -0.3 is 11.1 Å². The quantitative estimate of drug-likeness (QED) is 0.784. The van der Waals surface area contributed by atoms with Gasteiger partial charge in [0.05, 0.1) is 12.2 Å². The molecule has 0 aliphatic carbocycles. The molecule has 0 atom stereocenters. The van der Waals surface area contributed by atoms with Gasteiger partial charge in [-0.3, -0.25) is 4.79 Å². The van der Waals surface area contributed by atoms with Gasteiger partial charge in [-0.25, -0.2) is 8.42 Å². The summed E-state index contributed by atoms with van der Waals surface area (Å²) in [5.74, 6) is -0.350. The number of likely N-dealkylation sites (N-methyl/N-ethyl adjacent to an activating group) is 1. The third-order valence-corrected chi connectivity index (χ3v) is 4.55. The van der Waals surface area contributed by atoms with Crippen LogP contribution in [0.25, 0.3) is 0 Å². The predicted octanol–water partition coefficient (Wildman–Crippen LogP) is 0.722. The van der Waals surface area contributed by atoms with Crippen molar-refractivity contribution in [2.24, 2.45) is 0 Å². The molecule has 0 radical (unpaired) electrons. The van der Waals surface area contributed by atoms with Crippen LogP contribution in [-0.4, -0.2) is 38.3 Å². The zero-order chi connectivity index (χ0) is 15.5. The first-order valence-electron chi connectivity index (χ1n) is 6.26. The molecule has 7 heteroatoms. The molecule has 0 unspecified atom stereocenters. The minimum Gasteiger partial charge on any atom is -0.398 e. The Morgan fingerprint density at radius 2 is 2.00 bits per heavy atom. The molecule has 6 nitrogen and oxygen atoms in total. The van der Waals surface area contributed by atoms with Gasteiger partial charge in [0.1, 0.15) is 4.90 Å². The van der Waals surface area contributed by atoms with Crippen LogP contribution in [-0.2, 0) is 14.8 Å². The summed E-state index contributed by atoms with van der Waals surface area (Å²) in [6.45, 7) is 5.20. The van der Waals surface area contributed by atoms with E-state index in [1.165, 1.54) is 13.1 Å². The third kappa shape index (κ3) is 3.94. The first kappa shape index (κ1) is 16.5. The zero-order valence-electron chi connectivity index (χ0n) is 12.2. The van der Waals surface area contributed by atoms with Crippen LogP contribution in [0.4, 0.5) is 5.69 Å². The number of hydrogen-bond donors (Lipinski definition) is 2. The zero-order valence-corrected chi connectivity index (χ0v) is 13.0. The van der Waals surface area contributed by atoms with Gasteiger partial charge in [-0.1, -0.05) is 6.07 Å². The lowest BCUT2D eigenvalue weighted by molar-refractivity contribution is -0.121. The predicted molar refractivity (Wildman–Crippen MR) is 78.7 cm³/mol. The monoisotopic (exact) mass is 299 g/mol. The molecule has 0 aromatic heterocycles. The first-order chi connectivity index (χ1) is 9.14. The van der Waals surface area contributed by atoms with Crippen LogP contribution in [0.3, 0.4) is 0 Å². The van der Waals surface area contributed by atoms with Crippen LogP contribution in [0.5, 0.6) is 0 Å². The SMILES string of the molecule is Cc1ccc(S(=O)(=O)N(C)CC(=O)NC(C)C)c(N)c1. The van der Waals surface area contributed by atoms with Gasteiger partial charge in [-0.15, -0.1) is 0 Å². The fraction of sp³-hybridized carbons (Fsp3) is 0.462. The topological polar surface area (TPSA) is 92.5 Å². The number of anilines is 1. The van der Waals surface area contributed by atoms with Crippen molar-refractivity contribution in [1.29, 1.82) is 0 Å². The smallest absolute Gasteiger partial charge is 0.245 e. The van der Waals surface area contributed by atoms with Crippen LogP contribution in [0, 0.1) is 6.92 Å². The largest absolute Gasteiger partial charge is 0.398 e. The van der Waals surface area contributed by atoms with E-state index in [1.807, 2.05) is 20.8 Å². The summed E-state index contributed by atoms with van der Waals surface area (Å²) in [6, 6.07) is 4.68. The van der Waals surface area contributed by atoms with Crippen molar-refractivity contribution in [1.82, 2.24) is 9.62 Å². The fourth-order valence-electron chi connectivity index (χ4n) is 1.73. The molecule has 0 heterocycles. The highest BCUT2D eigenvalue weighted by atomic mass is 32.2. The molecule has 0 aliphatic heterocycles. The molecule has 112 valence electrons. The lowest BCUT2D eigenvalue weighted by atomic mass is 10.2. The molecule has 20 heavy (non-hydrogen) atoms. The summed E-state index contributed by atoms with van der Waals surface area (Å²) in [6.07, 6.45) is 0. The molecular formula is C13H21N3O3S. The van der Waals surface area contributed by atoms with E-state index < -0.39 is 10.0 Å². The average molecular weight is 299 g/mol. The normalized spacial score (nSPS) is 11.9. The number of nitrogens with one attached hydrogen (secondary N) is 1. The number of carbonyl (C=O) groups excluding carboxylic acids is 1. The van der Waals surface area contributed by atoms with Crippen LogP contribution >= 0.6 is 0 Å². The number of nitrogens with zero attached hydrogens (tertiary/aromatic N) is 1. The summed E-state index contributed by atoms with van der Waals surface area (Å²) in [4.78, 5) is 11.6. The minimum absolute atomic E-state index is 0.0166. The maximum Gasteiger partial charge on any atom is 0.245 e. The van der Waals surface area contributed by atoms with Crippen LogP contribution < -0.4 is 11.1 Å². The van der Waals surface area contributed by atoms with Crippen molar-refractivity contribution in [2.45, 2.75) is 31.7 Å². The fourth-order valence-corrected chi connectivity index (χ4v) is 2.95. The van der Waals surface area contributed by atoms with Crippen LogP contribution in [0.15, 0.2) is 23.1 Å². The molecular weight excluding hydrogens is 278 g/mol. The first-order valence-corrected chi connectivity index (χ1v) is 7.70. The van der Waals surface area contributed by atoms with Gasteiger partial charge >= 0.3 is 0 Å². The van der Waals surface area contributed by atoms with E-state index in [4.69, 9.17) is 5.73 Å². The second-order valence-corrected chi connectivity index (χ2v) is 7.04. The maximum absolute atomic E-state index is 12.4. The molecule has 3 N–H and O–H groups in total. The molecule has 0 spiro atoms. The number of hydrogen-bond acceptors (Lipinski definition) is 4. The molecule has 1 aromatic carbocycles. The number of benzene rings is 1. The van der Waals surface area contributed by atoms with Crippen molar-refractivity contribution < 1.29 is 13.2 Å². The number of sulfonamides is 1. The third-order valence-electron chi connectivity index (χ3n) is 2.67. The highest BCUT2D eigenvalue weighted by molar-refractivity contribution is 7.89. The van der Waals surface area contributed by atoms with Gasteiger partial charge in [0.15, 0.2) is 0 Å². The van der Waals surface area contributed by atoms with Crippen molar-refractivity contribution in [2.75, 3.05) is 19.3 Å². The Balaban J connectivity index is 2.95. The van der Waals surface area contributed by atoms with Crippen molar-refractivity contribution in [3.63, 3.8) is 0 Å². The summed E-state index contributed by atoms with van der Waals surface area (Å²) in [7, 11) is -2.41. The number of nitrogen functional groups attached to an aromatic ring is 1. The summed E-state index contributed by atoms with van der Waals surface area (Å²) in [5, 5.41) is 2.64.